The Kier molecular flexibility index (Phi) is 3.10. The van der Waals surface area contributed by atoms with E-state index in [1.54, 1.807) is 13.1 Å². The van der Waals surface area contributed by atoms with E-state index in [2.05, 4.69) is 5.32 Å². The number of carbonyl (C=O) groups is 2. The molecule has 0 bridgehead atoms. The fraction of sp³-hybridized carbons (Fsp3) is 0.333. The van der Waals surface area contributed by atoms with E-state index in [1.807, 2.05) is 12.1 Å². The zero-order valence-electron chi connectivity index (χ0n) is 9.56. The average molecular weight is 234 g/mol. The van der Waals surface area contributed by atoms with Crippen molar-refractivity contribution >= 4 is 23.2 Å². The Hall–Kier alpha value is -1.88. The molecule has 1 aliphatic rings. The lowest BCUT2D eigenvalue weighted by Crippen LogP contribution is -2.34. The highest BCUT2D eigenvalue weighted by Gasteiger charge is 2.31. The van der Waals surface area contributed by atoms with Gasteiger partial charge in [-0.05, 0) is 23.8 Å². The minimum Gasteiger partial charge on any atom is -0.396 e. The number of imide groups is 1. The molecule has 0 spiro atoms. The maximum atomic E-state index is 11.8. The van der Waals surface area contributed by atoms with Crippen LogP contribution in [0.3, 0.4) is 0 Å². The summed E-state index contributed by atoms with van der Waals surface area (Å²) >= 11 is 0. The largest absolute Gasteiger partial charge is 0.396 e. The fourth-order valence-electron chi connectivity index (χ4n) is 1.96. The molecule has 0 aromatic heterocycles. The lowest BCUT2D eigenvalue weighted by atomic mass is 10.1. The topological polar surface area (TPSA) is 69.6 Å². The first kappa shape index (κ1) is 11.6. The number of nitrogens with one attached hydrogen (secondary N) is 1. The van der Waals surface area contributed by atoms with E-state index in [9.17, 15) is 9.59 Å². The number of rotatable bonds is 3. The number of carbonyl (C=O) groups excluding carboxylic acids is 2. The molecule has 5 nitrogen and oxygen atoms in total. The summed E-state index contributed by atoms with van der Waals surface area (Å²) in [6.45, 7) is -0.244. The van der Waals surface area contributed by atoms with Crippen molar-refractivity contribution in [2.75, 3.05) is 23.9 Å². The second kappa shape index (κ2) is 4.55. The molecule has 0 radical (unpaired) electrons. The Morgan fingerprint density at radius 1 is 1.53 bits per heavy atom. The molecule has 1 heterocycles. The number of amides is 2. The van der Waals surface area contributed by atoms with Gasteiger partial charge in [0.05, 0.1) is 25.1 Å². The van der Waals surface area contributed by atoms with Crippen molar-refractivity contribution < 1.29 is 14.7 Å². The maximum Gasteiger partial charge on any atom is 0.238 e. The van der Waals surface area contributed by atoms with Gasteiger partial charge >= 0.3 is 0 Å². The van der Waals surface area contributed by atoms with Gasteiger partial charge in [-0.1, -0.05) is 0 Å². The van der Waals surface area contributed by atoms with Gasteiger partial charge in [0.2, 0.25) is 11.8 Å². The smallest absolute Gasteiger partial charge is 0.238 e. The van der Waals surface area contributed by atoms with Crippen LogP contribution in [-0.4, -0.2) is 30.6 Å². The first-order chi connectivity index (χ1) is 8.17. The molecule has 90 valence electrons. The van der Waals surface area contributed by atoms with E-state index >= 15 is 0 Å². The van der Waals surface area contributed by atoms with Crippen molar-refractivity contribution in [1.29, 1.82) is 0 Å². The molecule has 17 heavy (non-hydrogen) atoms. The molecule has 5 heteroatoms. The molecule has 0 saturated carbocycles. The molecule has 1 aromatic rings. The molecular formula is C12H14N2O3. The van der Waals surface area contributed by atoms with Crippen molar-refractivity contribution in [2.45, 2.75) is 12.8 Å². The summed E-state index contributed by atoms with van der Waals surface area (Å²) in [6.07, 6.45) is 0.209. The van der Waals surface area contributed by atoms with Crippen LogP contribution in [0.1, 0.15) is 12.0 Å². The predicted octanol–water partition coefficient (Wildman–Crippen LogP) is 0.526. The highest BCUT2D eigenvalue weighted by molar-refractivity contribution is 6.19. The van der Waals surface area contributed by atoms with Crippen LogP contribution >= 0.6 is 0 Å². The Morgan fingerprint density at radius 3 is 2.94 bits per heavy atom. The van der Waals surface area contributed by atoms with Crippen LogP contribution in [0.25, 0.3) is 0 Å². The SMILES string of the molecule is CNc1ccc2c(c1)CC(=O)N2C(=O)CCO. The van der Waals surface area contributed by atoms with Gasteiger partial charge < -0.3 is 10.4 Å². The van der Waals surface area contributed by atoms with Gasteiger partial charge in [0.25, 0.3) is 0 Å². The van der Waals surface area contributed by atoms with Crippen molar-refractivity contribution in [2.24, 2.45) is 0 Å². The van der Waals surface area contributed by atoms with Crippen LogP contribution in [0.4, 0.5) is 11.4 Å². The summed E-state index contributed by atoms with van der Waals surface area (Å²) in [4.78, 5) is 24.6. The van der Waals surface area contributed by atoms with Gasteiger partial charge in [-0.3, -0.25) is 9.59 Å². The molecule has 0 aliphatic carbocycles. The third-order valence-corrected chi connectivity index (χ3v) is 2.78. The van der Waals surface area contributed by atoms with Crippen molar-refractivity contribution in [3.63, 3.8) is 0 Å². The first-order valence-electron chi connectivity index (χ1n) is 5.44. The molecule has 0 atom stereocenters. The summed E-state index contributed by atoms with van der Waals surface area (Å²) in [5.74, 6) is -0.583. The molecular weight excluding hydrogens is 220 g/mol. The van der Waals surface area contributed by atoms with Crippen LogP contribution in [0.15, 0.2) is 18.2 Å². The molecule has 2 rings (SSSR count). The monoisotopic (exact) mass is 234 g/mol. The highest BCUT2D eigenvalue weighted by atomic mass is 16.3. The standard InChI is InChI=1S/C12H14N2O3/c1-13-9-2-3-10-8(6-9)7-12(17)14(10)11(16)4-5-15/h2-3,6,13,15H,4-5,7H2,1H3. The zero-order valence-corrected chi connectivity index (χ0v) is 9.56. The fourth-order valence-corrected chi connectivity index (χ4v) is 1.96. The summed E-state index contributed by atoms with van der Waals surface area (Å²) in [6, 6.07) is 5.43. The second-order valence-corrected chi connectivity index (χ2v) is 3.87. The Labute approximate surface area is 99.0 Å². The van der Waals surface area contributed by atoms with E-state index < -0.39 is 0 Å². The van der Waals surface area contributed by atoms with Crippen LogP contribution in [0, 0.1) is 0 Å². The highest BCUT2D eigenvalue weighted by Crippen LogP contribution is 2.31. The minimum atomic E-state index is -0.353. The van der Waals surface area contributed by atoms with E-state index in [4.69, 9.17) is 5.11 Å². The Bertz CT molecular complexity index is 471. The van der Waals surface area contributed by atoms with E-state index in [0.717, 1.165) is 16.2 Å². The third-order valence-electron chi connectivity index (χ3n) is 2.78. The quantitative estimate of drug-likeness (QED) is 0.800. The number of anilines is 2. The zero-order chi connectivity index (χ0) is 12.4. The molecule has 1 aromatic carbocycles. The first-order valence-corrected chi connectivity index (χ1v) is 5.44. The van der Waals surface area contributed by atoms with Gasteiger partial charge in [-0.2, -0.15) is 0 Å². The lowest BCUT2D eigenvalue weighted by Gasteiger charge is -2.15. The second-order valence-electron chi connectivity index (χ2n) is 3.87. The third kappa shape index (κ3) is 2.01. The van der Waals surface area contributed by atoms with E-state index in [-0.39, 0.29) is 31.3 Å². The number of fused-ring (bicyclic) bond motifs is 1. The molecule has 0 unspecified atom stereocenters. The van der Waals surface area contributed by atoms with Gasteiger partial charge in [-0.25, -0.2) is 4.90 Å². The molecule has 2 amide bonds. The van der Waals surface area contributed by atoms with Gasteiger partial charge in [-0.15, -0.1) is 0 Å². The summed E-state index contributed by atoms with van der Waals surface area (Å²) in [5.41, 5.74) is 2.38. The van der Waals surface area contributed by atoms with Gasteiger partial charge in [0.15, 0.2) is 0 Å². The maximum absolute atomic E-state index is 11.8. The van der Waals surface area contributed by atoms with Gasteiger partial charge in [0.1, 0.15) is 0 Å². The predicted molar refractivity (Wildman–Crippen MR) is 63.9 cm³/mol. The van der Waals surface area contributed by atoms with E-state index in [1.165, 1.54) is 0 Å². The lowest BCUT2D eigenvalue weighted by molar-refractivity contribution is -0.125. The Morgan fingerprint density at radius 2 is 2.29 bits per heavy atom. The van der Waals surface area contributed by atoms with Crippen LogP contribution in [-0.2, 0) is 16.0 Å². The van der Waals surface area contributed by atoms with Crippen molar-refractivity contribution in [3.05, 3.63) is 23.8 Å². The number of benzene rings is 1. The number of hydrogen-bond donors (Lipinski definition) is 2. The van der Waals surface area contributed by atoms with Gasteiger partial charge in [0, 0.05) is 12.7 Å². The van der Waals surface area contributed by atoms with Crippen molar-refractivity contribution in [3.8, 4) is 0 Å². The number of hydrogen-bond acceptors (Lipinski definition) is 4. The number of aliphatic hydroxyl groups is 1. The van der Waals surface area contributed by atoms with Crippen LogP contribution < -0.4 is 10.2 Å². The Balaban J connectivity index is 2.34. The summed E-state index contributed by atoms with van der Waals surface area (Å²) in [7, 11) is 1.80. The molecule has 2 N–H and O–H groups in total. The minimum absolute atomic E-state index is 0.0288. The normalized spacial score (nSPS) is 13.8. The van der Waals surface area contributed by atoms with Crippen LogP contribution in [0.2, 0.25) is 0 Å². The number of nitrogens with zero attached hydrogens (tertiary/aromatic N) is 1. The molecule has 0 saturated heterocycles. The number of aliphatic hydroxyl groups excluding tert-OH is 1. The molecule has 0 fully saturated rings. The summed E-state index contributed by atoms with van der Waals surface area (Å²) < 4.78 is 0. The average Bonchev–Trinajstić information content (AvgIpc) is 2.64. The summed E-state index contributed by atoms with van der Waals surface area (Å²) in [5, 5.41) is 11.7. The van der Waals surface area contributed by atoms with E-state index in [0.29, 0.717) is 5.69 Å². The molecule has 1 aliphatic heterocycles. The van der Waals surface area contributed by atoms with Crippen LogP contribution in [0.5, 0.6) is 0 Å². The van der Waals surface area contributed by atoms with Crippen molar-refractivity contribution in [1.82, 2.24) is 0 Å².